The smallest absolute Gasteiger partial charge is 0.0844 e. The van der Waals surface area contributed by atoms with Gasteiger partial charge in [0.15, 0.2) is 0 Å². The van der Waals surface area contributed by atoms with E-state index in [1.54, 1.807) is 0 Å². The van der Waals surface area contributed by atoms with Crippen molar-refractivity contribution >= 4 is 0 Å². The molecule has 2 atom stereocenters. The molecule has 1 saturated heterocycles. The van der Waals surface area contributed by atoms with Crippen LogP contribution < -0.4 is 0 Å². The molecule has 0 radical (unpaired) electrons. The molecule has 0 saturated carbocycles. The molecule has 1 heteroatoms. The topological polar surface area (TPSA) is 12.5 Å². The molecule has 1 rings (SSSR count). The Bertz CT molecular complexity index is 118. The van der Waals surface area contributed by atoms with Gasteiger partial charge in [-0.3, -0.25) is 0 Å². The van der Waals surface area contributed by atoms with E-state index in [2.05, 4.69) is 26.0 Å². The highest BCUT2D eigenvalue weighted by Crippen LogP contribution is 2.28. The van der Waals surface area contributed by atoms with E-state index in [0.29, 0.717) is 12.2 Å². The first-order valence-corrected chi connectivity index (χ1v) is 4.15. The standard InChI is InChI=1S/C9H16O/c1-3-5-6-7-9-8(4-2)10-9/h3,5,8-9H,4,6-7H2,1-2H3/b5-3+/t8-,9-/m0/s1. The minimum Gasteiger partial charge on any atom is -0.370 e. The Morgan fingerprint density at radius 2 is 2.20 bits per heavy atom. The van der Waals surface area contributed by atoms with E-state index in [1.165, 1.54) is 19.3 Å². The Kier molecular flexibility index (Phi) is 2.94. The summed E-state index contributed by atoms with van der Waals surface area (Å²) < 4.78 is 5.38. The largest absolute Gasteiger partial charge is 0.370 e. The van der Waals surface area contributed by atoms with Crippen molar-refractivity contribution in [3.05, 3.63) is 12.2 Å². The monoisotopic (exact) mass is 140 g/mol. The zero-order chi connectivity index (χ0) is 7.40. The van der Waals surface area contributed by atoms with Crippen molar-refractivity contribution in [3.8, 4) is 0 Å². The van der Waals surface area contributed by atoms with Crippen LogP contribution in [0.15, 0.2) is 12.2 Å². The molecule has 1 nitrogen and oxygen atoms in total. The van der Waals surface area contributed by atoms with Gasteiger partial charge in [-0.15, -0.1) is 0 Å². The number of ether oxygens (including phenoxy) is 1. The van der Waals surface area contributed by atoms with Gasteiger partial charge in [-0.25, -0.2) is 0 Å². The molecular formula is C9H16O. The molecule has 0 aromatic rings. The number of rotatable bonds is 4. The van der Waals surface area contributed by atoms with Crippen LogP contribution in [-0.2, 0) is 4.74 Å². The van der Waals surface area contributed by atoms with Crippen LogP contribution in [0.25, 0.3) is 0 Å². The van der Waals surface area contributed by atoms with Gasteiger partial charge in [0.25, 0.3) is 0 Å². The van der Waals surface area contributed by atoms with Gasteiger partial charge < -0.3 is 4.74 Å². The number of hydrogen-bond donors (Lipinski definition) is 0. The maximum absolute atomic E-state index is 5.38. The first-order chi connectivity index (χ1) is 4.88. The molecule has 0 spiro atoms. The van der Waals surface area contributed by atoms with Crippen molar-refractivity contribution in [2.45, 2.75) is 45.3 Å². The summed E-state index contributed by atoms with van der Waals surface area (Å²) in [5.41, 5.74) is 0. The second-order valence-electron chi connectivity index (χ2n) is 2.77. The molecular weight excluding hydrogens is 124 g/mol. The predicted octanol–water partition coefficient (Wildman–Crippen LogP) is 2.52. The van der Waals surface area contributed by atoms with Crippen LogP contribution in [0.5, 0.6) is 0 Å². The second-order valence-corrected chi connectivity index (χ2v) is 2.77. The summed E-state index contributed by atoms with van der Waals surface area (Å²) in [6.45, 7) is 4.24. The Hall–Kier alpha value is -0.300. The van der Waals surface area contributed by atoms with Crippen LogP contribution in [0.2, 0.25) is 0 Å². The van der Waals surface area contributed by atoms with Gasteiger partial charge in [0, 0.05) is 0 Å². The summed E-state index contributed by atoms with van der Waals surface area (Å²) in [4.78, 5) is 0. The lowest BCUT2D eigenvalue weighted by Crippen LogP contribution is -1.90. The van der Waals surface area contributed by atoms with Gasteiger partial charge in [0.1, 0.15) is 0 Å². The van der Waals surface area contributed by atoms with E-state index in [-0.39, 0.29) is 0 Å². The molecule has 0 aromatic carbocycles. The van der Waals surface area contributed by atoms with Gasteiger partial charge in [0.2, 0.25) is 0 Å². The Labute approximate surface area is 63.1 Å². The van der Waals surface area contributed by atoms with Gasteiger partial charge in [-0.05, 0) is 26.2 Å². The maximum atomic E-state index is 5.38. The fourth-order valence-electron chi connectivity index (χ4n) is 1.22. The minimum absolute atomic E-state index is 0.584. The highest BCUT2D eigenvalue weighted by molar-refractivity contribution is 4.87. The molecule has 1 aliphatic rings. The molecule has 1 heterocycles. The van der Waals surface area contributed by atoms with Crippen molar-refractivity contribution in [2.75, 3.05) is 0 Å². The molecule has 58 valence electrons. The van der Waals surface area contributed by atoms with E-state index in [9.17, 15) is 0 Å². The van der Waals surface area contributed by atoms with Gasteiger partial charge in [-0.1, -0.05) is 19.1 Å². The van der Waals surface area contributed by atoms with Crippen molar-refractivity contribution in [1.29, 1.82) is 0 Å². The van der Waals surface area contributed by atoms with E-state index < -0.39 is 0 Å². The van der Waals surface area contributed by atoms with Crippen molar-refractivity contribution in [3.63, 3.8) is 0 Å². The predicted molar refractivity (Wildman–Crippen MR) is 43.0 cm³/mol. The van der Waals surface area contributed by atoms with Gasteiger partial charge in [0.05, 0.1) is 12.2 Å². The zero-order valence-electron chi connectivity index (χ0n) is 6.84. The van der Waals surface area contributed by atoms with Gasteiger partial charge >= 0.3 is 0 Å². The average Bonchev–Trinajstić information content (AvgIpc) is 2.68. The molecule has 0 aromatic heterocycles. The first-order valence-electron chi connectivity index (χ1n) is 4.15. The first kappa shape index (κ1) is 7.80. The van der Waals surface area contributed by atoms with E-state index in [1.807, 2.05) is 0 Å². The van der Waals surface area contributed by atoms with Crippen LogP contribution in [0.1, 0.15) is 33.1 Å². The molecule has 1 fully saturated rings. The van der Waals surface area contributed by atoms with Crippen LogP contribution in [0.3, 0.4) is 0 Å². The van der Waals surface area contributed by atoms with E-state index in [0.717, 1.165) is 0 Å². The maximum Gasteiger partial charge on any atom is 0.0844 e. The Morgan fingerprint density at radius 1 is 1.40 bits per heavy atom. The third-order valence-electron chi connectivity index (χ3n) is 1.94. The lowest BCUT2D eigenvalue weighted by Gasteiger charge is -1.87. The summed E-state index contributed by atoms with van der Waals surface area (Å²) >= 11 is 0. The zero-order valence-corrected chi connectivity index (χ0v) is 6.84. The highest BCUT2D eigenvalue weighted by atomic mass is 16.6. The lowest BCUT2D eigenvalue weighted by atomic mass is 10.1. The summed E-state index contributed by atoms with van der Waals surface area (Å²) in [6, 6.07) is 0. The molecule has 0 bridgehead atoms. The summed E-state index contributed by atoms with van der Waals surface area (Å²) in [7, 11) is 0. The third-order valence-corrected chi connectivity index (χ3v) is 1.94. The highest BCUT2D eigenvalue weighted by Gasteiger charge is 2.35. The molecule has 0 N–H and O–H groups in total. The quantitative estimate of drug-likeness (QED) is 0.432. The second kappa shape index (κ2) is 3.77. The SMILES string of the molecule is C/C=C/CC[C@@H]1O[C@H]1CC. The minimum atomic E-state index is 0.584. The fraction of sp³-hybridized carbons (Fsp3) is 0.778. The van der Waals surface area contributed by atoms with Crippen molar-refractivity contribution in [1.82, 2.24) is 0 Å². The number of allylic oxidation sites excluding steroid dienone is 2. The summed E-state index contributed by atoms with van der Waals surface area (Å²) in [6.07, 6.45) is 9.05. The van der Waals surface area contributed by atoms with Crippen LogP contribution >= 0.6 is 0 Å². The van der Waals surface area contributed by atoms with Crippen LogP contribution in [0, 0.1) is 0 Å². The summed E-state index contributed by atoms with van der Waals surface area (Å²) in [5, 5.41) is 0. The number of hydrogen-bond acceptors (Lipinski definition) is 1. The van der Waals surface area contributed by atoms with E-state index in [4.69, 9.17) is 4.74 Å². The van der Waals surface area contributed by atoms with Crippen LogP contribution in [-0.4, -0.2) is 12.2 Å². The molecule has 0 unspecified atom stereocenters. The molecule has 1 aliphatic heterocycles. The average molecular weight is 140 g/mol. The summed E-state index contributed by atoms with van der Waals surface area (Å²) in [5.74, 6) is 0. The molecule has 10 heavy (non-hydrogen) atoms. The Morgan fingerprint density at radius 3 is 2.70 bits per heavy atom. The Balaban J connectivity index is 1.96. The normalized spacial score (nSPS) is 31.4. The van der Waals surface area contributed by atoms with Gasteiger partial charge in [-0.2, -0.15) is 0 Å². The van der Waals surface area contributed by atoms with Crippen LogP contribution in [0.4, 0.5) is 0 Å². The van der Waals surface area contributed by atoms with E-state index >= 15 is 0 Å². The molecule has 0 aliphatic carbocycles. The van der Waals surface area contributed by atoms with Crippen molar-refractivity contribution in [2.24, 2.45) is 0 Å². The number of epoxide rings is 1. The lowest BCUT2D eigenvalue weighted by molar-refractivity contribution is 0.360. The third kappa shape index (κ3) is 2.14. The van der Waals surface area contributed by atoms with Crippen molar-refractivity contribution < 1.29 is 4.74 Å². The fourth-order valence-corrected chi connectivity index (χ4v) is 1.22. The molecule has 0 amide bonds.